The summed E-state index contributed by atoms with van der Waals surface area (Å²) < 4.78 is 5.91. The highest BCUT2D eigenvalue weighted by Gasteiger charge is 2.30. The van der Waals surface area contributed by atoms with Gasteiger partial charge in [-0.2, -0.15) is 0 Å². The van der Waals surface area contributed by atoms with Gasteiger partial charge in [-0.3, -0.25) is 9.59 Å². The summed E-state index contributed by atoms with van der Waals surface area (Å²) in [6, 6.07) is 11.6. The Bertz CT molecular complexity index is 845. The Morgan fingerprint density at radius 3 is 2.48 bits per heavy atom. The first kappa shape index (κ1) is 17.5. The molecule has 140 valence electrons. The number of carbonyl (C=O) groups excluding carboxylic acids is 2. The molecular weight excluding hydrogens is 342 g/mol. The average molecular weight is 365 g/mol. The Hall–Kier alpha value is -2.89. The first-order valence-corrected chi connectivity index (χ1v) is 9.40. The number of hydrogen-bond acceptors (Lipinski definition) is 4. The van der Waals surface area contributed by atoms with Gasteiger partial charge in [0.05, 0.1) is 6.61 Å². The van der Waals surface area contributed by atoms with E-state index in [2.05, 4.69) is 10.3 Å². The van der Waals surface area contributed by atoms with Crippen molar-refractivity contribution in [3.05, 3.63) is 59.3 Å². The largest absolute Gasteiger partial charge is 0.477 e. The highest BCUT2D eigenvalue weighted by Crippen LogP contribution is 2.44. The quantitative estimate of drug-likeness (QED) is 0.752. The van der Waals surface area contributed by atoms with Crippen LogP contribution in [0.4, 0.5) is 0 Å². The number of rotatable bonds is 8. The number of nitrogens with zero attached hydrogens (tertiary/aromatic N) is 1. The number of nitrogens with two attached hydrogens (primary N) is 1. The molecule has 27 heavy (non-hydrogen) atoms. The number of pyridine rings is 1. The van der Waals surface area contributed by atoms with Crippen molar-refractivity contribution in [2.24, 2.45) is 11.7 Å². The molecule has 0 spiro atoms. The van der Waals surface area contributed by atoms with Crippen LogP contribution in [0.5, 0.6) is 5.88 Å². The van der Waals surface area contributed by atoms with Crippen molar-refractivity contribution in [1.82, 2.24) is 10.3 Å². The van der Waals surface area contributed by atoms with E-state index >= 15 is 0 Å². The third-order valence-corrected chi connectivity index (χ3v) is 4.99. The number of primary amides is 1. The van der Waals surface area contributed by atoms with E-state index in [4.69, 9.17) is 10.5 Å². The minimum absolute atomic E-state index is 0.229. The van der Waals surface area contributed by atoms with Crippen molar-refractivity contribution in [1.29, 1.82) is 0 Å². The Balaban J connectivity index is 1.53. The van der Waals surface area contributed by atoms with Gasteiger partial charge in [0.1, 0.15) is 11.7 Å². The smallest absolute Gasteiger partial charge is 0.270 e. The van der Waals surface area contributed by atoms with Crippen LogP contribution in [0.2, 0.25) is 0 Å². The average Bonchev–Trinajstić information content (AvgIpc) is 3.58. The van der Waals surface area contributed by atoms with Gasteiger partial charge in [-0.1, -0.05) is 36.4 Å². The topological polar surface area (TPSA) is 94.3 Å². The maximum Gasteiger partial charge on any atom is 0.270 e. The van der Waals surface area contributed by atoms with Crippen LogP contribution in [0, 0.1) is 5.92 Å². The van der Waals surface area contributed by atoms with Crippen molar-refractivity contribution in [3.63, 3.8) is 0 Å². The van der Waals surface area contributed by atoms with Gasteiger partial charge >= 0.3 is 0 Å². The van der Waals surface area contributed by atoms with Crippen molar-refractivity contribution < 1.29 is 14.3 Å². The van der Waals surface area contributed by atoms with Gasteiger partial charge < -0.3 is 15.8 Å². The second-order valence-electron chi connectivity index (χ2n) is 7.34. The number of nitrogens with one attached hydrogen (secondary N) is 1. The molecule has 1 heterocycles. The second kappa shape index (κ2) is 7.39. The molecule has 1 unspecified atom stereocenters. The molecule has 0 aliphatic heterocycles. The lowest BCUT2D eigenvalue weighted by molar-refractivity contribution is -0.120. The predicted molar refractivity (Wildman–Crippen MR) is 100 cm³/mol. The molecule has 3 N–H and O–H groups in total. The molecular formula is C21H23N3O3. The third-order valence-electron chi connectivity index (χ3n) is 4.99. The number of carbonyl (C=O) groups is 2. The maximum absolute atomic E-state index is 12.7. The SMILES string of the molecule is NC(=O)C(NC(=O)c1ccc(C2CC2)c(OCC2CC2)n1)c1ccccc1. The molecule has 1 aromatic carbocycles. The summed E-state index contributed by atoms with van der Waals surface area (Å²) in [5.74, 6) is 0.572. The number of aromatic nitrogens is 1. The molecule has 1 atom stereocenters. The summed E-state index contributed by atoms with van der Waals surface area (Å²) in [5, 5.41) is 2.69. The Morgan fingerprint density at radius 1 is 1.11 bits per heavy atom. The van der Waals surface area contributed by atoms with Gasteiger partial charge in [-0.25, -0.2) is 4.98 Å². The second-order valence-corrected chi connectivity index (χ2v) is 7.34. The molecule has 0 radical (unpaired) electrons. The van der Waals surface area contributed by atoms with Crippen LogP contribution in [0.25, 0.3) is 0 Å². The van der Waals surface area contributed by atoms with Gasteiger partial charge in [0.15, 0.2) is 0 Å². The fourth-order valence-corrected chi connectivity index (χ4v) is 3.05. The number of hydrogen-bond donors (Lipinski definition) is 2. The van der Waals surface area contributed by atoms with Crippen LogP contribution in [-0.4, -0.2) is 23.4 Å². The highest BCUT2D eigenvalue weighted by molar-refractivity contribution is 5.96. The molecule has 2 amide bonds. The van der Waals surface area contributed by atoms with Gasteiger partial charge in [0.2, 0.25) is 11.8 Å². The molecule has 2 fully saturated rings. The van der Waals surface area contributed by atoms with E-state index in [1.54, 1.807) is 30.3 Å². The van der Waals surface area contributed by atoms with Crippen LogP contribution in [-0.2, 0) is 4.79 Å². The summed E-state index contributed by atoms with van der Waals surface area (Å²) in [6.45, 7) is 0.645. The van der Waals surface area contributed by atoms with Crippen molar-refractivity contribution in [2.75, 3.05) is 6.61 Å². The van der Waals surface area contributed by atoms with Gasteiger partial charge in [0, 0.05) is 5.56 Å². The highest BCUT2D eigenvalue weighted by atomic mass is 16.5. The molecule has 0 saturated heterocycles. The monoisotopic (exact) mass is 365 g/mol. The zero-order chi connectivity index (χ0) is 18.8. The van der Waals surface area contributed by atoms with Crippen molar-refractivity contribution in [3.8, 4) is 5.88 Å². The van der Waals surface area contributed by atoms with E-state index in [0.717, 1.165) is 18.4 Å². The van der Waals surface area contributed by atoms with E-state index < -0.39 is 17.9 Å². The summed E-state index contributed by atoms with van der Waals surface area (Å²) >= 11 is 0. The van der Waals surface area contributed by atoms with Gasteiger partial charge in [0.25, 0.3) is 5.91 Å². The lowest BCUT2D eigenvalue weighted by atomic mass is 10.1. The Labute approximate surface area is 158 Å². The van der Waals surface area contributed by atoms with Crippen LogP contribution >= 0.6 is 0 Å². The van der Waals surface area contributed by atoms with E-state index in [1.165, 1.54) is 12.8 Å². The molecule has 0 bridgehead atoms. The Morgan fingerprint density at radius 2 is 1.85 bits per heavy atom. The fourth-order valence-electron chi connectivity index (χ4n) is 3.05. The van der Waals surface area contributed by atoms with Crippen LogP contribution in [0.3, 0.4) is 0 Å². The minimum Gasteiger partial charge on any atom is -0.477 e. The van der Waals surface area contributed by atoms with Gasteiger partial charge in [-0.05, 0) is 49.1 Å². The van der Waals surface area contributed by atoms with E-state index in [-0.39, 0.29) is 5.69 Å². The van der Waals surface area contributed by atoms with Crippen LogP contribution in [0.1, 0.15) is 59.3 Å². The lowest BCUT2D eigenvalue weighted by Crippen LogP contribution is -2.37. The molecule has 2 aliphatic rings. The third kappa shape index (κ3) is 4.27. The lowest BCUT2D eigenvalue weighted by Gasteiger charge is -2.16. The fraction of sp³-hybridized carbons (Fsp3) is 0.381. The number of benzene rings is 1. The van der Waals surface area contributed by atoms with E-state index in [1.807, 2.05) is 12.1 Å². The summed E-state index contributed by atoms with van der Waals surface area (Å²) in [6.07, 6.45) is 4.64. The summed E-state index contributed by atoms with van der Waals surface area (Å²) in [7, 11) is 0. The van der Waals surface area contributed by atoms with Crippen molar-refractivity contribution in [2.45, 2.75) is 37.6 Å². The molecule has 1 aromatic heterocycles. The minimum atomic E-state index is -0.903. The first-order chi connectivity index (χ1) is 13.1. The number of amides is 2. The Kier molecular flexibility index (Phi) is 4.79. The molecule has 2 aromatic rings. The zero-order valence-corrected chi connectivity index (χ0v) is 15.1. The summed E-state index contributed by atoms with van der Waals surface area (Å²) in [4.78, 5) is 29.0. The maximum atomic E-state index is 12.7. The standard InChI is InChI=1S/C21H23N3O3/c22-19(25)18(15-4-2-1-3-5-15)24-20(26)17-11-10-16(14-8-9-14)21(23-17)27-12-13-6-7-13/h1-5,10-11,13-14,18H,6-9,12H2,(H2,22,25)(H,24,26). The molecule has 2 aliphatic carbocycles. The van der Waals surface area contributed by atoms with E-state index in [9.17, 15) is 9.59 Å². The molecule has 4 rings (SSSR count). The van der Waals surface area contributed by atoms with Gasteiger partial charge in [-0.15, -0.1) is 0 Å². The first-order valence-electron chi connectivity index (χ1n) is 9.40. The van der Waals surface area contributed by atoms with E-state index in [0.29, 0.717) is 29.9 Å². The molecule has 6 heteroatoms. The molecule has 2 saturated carbocycles. The normalized spacial score (nSPS) is 17.2. The molecule has 6 nitrogen and oxygen atoms in total. The predicted octanol–water partition coefficient (Wildman–Crippen LogP) is 2.70. The summed E-state index contributed by atoms with van der Waals surface area (Å²) in [5.41, 5.74) is 7.42. The van der Waals surface area contributed by atoms with Crippen LogP contribution in [0.15, 0.2) is 42.5 Å². The number of ether oxygens (including phenoxy) is 1. The van der Waals surface area contributed by atoms with Crippen LogP contribution < -0.4 is 15.8 Å². The zero-order valence-electron chi connectivity index (χ0n) is 15.1. The van der Waals surface area contributed by atoms with Crippen molar-refractivity contribution >= 4 is 11.8 Å².